The number of ether oxygens (including phenoxy) is 1. The molecule has 2 aliphatic rings. The summed E-state index contributed by atoms with van der Waals surface area (Å²) >= 11 is -0.829. The van der Waals surface area contributed by atoms with Crippen LogP contribution < -0.4 is 45.4 Å². The summed E-state index contributed by atoms with van der Waals surface area (Å²) in [6, 6.07) is 14.5. The average molecular weight is 598 g/mol. The topological polar surface area (TPSA) is 100 Å². The molecule has 0 radical (unpaired) electrons. The van der Waals surface area contributed by atoms with Gasteiger partial charge in [0.15, 0.2) is 0 Å². The molecule has 10 heteroatoms. The van der Waals surface area contributed by atoms with Crippen molar-refractivity contribution in [1.29, 1.82) is 0 Å². The second-order valence-electron chi connectivity index (χ2n) is 8.34. The molecule has 36 heavy (non-hydrogen) atoms. The molecule has 2 aromatic carbocycles. The Balaban J connectivity index is 1.56. The minimum absolute atomic E-state index is 0.00839. The number of amides is 1. The summed E-state index contributed by atoms with van der Waals surface area (Å²) in [5, 5.41) is 9.79. The third-order valence-corrected chi connectivity index (χ3v) is 8.62. The molecule has 0 fully saturated rings. The van der Waals surface area contributed by atoms with E-state index in [1.54, 1.807) is 24.5 Å². The van der Waals surface area contributed by atoms with E-state index >= 15 is 0 Å². The van der Waals surface area contributed by atoms with Crippen molar-refractivity contribution in [2.24, 2.45) is 0 Å². The van der Waals surface area contributed by atoms with Gasteiger partial charge in [-0.05, 0) is 0 Å². The Labute approximate surface area is 217 Å². The van der Waals surface area contributed by atoms with Crippen molar-refractivity contribution in [2.75, 3.05) is 24.3 Å². The number of hydrogen-bond donors (Lipinski definition) is 4. The summed E-state index contributed by atoms with van der Waals surface area (Å²) in [7, 11) is 1.42. The normalized spacial score (nSPS) is 16.4. The number of nitrogens with one attached hydrogen (secondary N) is 4. The van der Waals surface area contributed by atoms with E-state index in [0.717, 1.165) is 28.3 Å². The number of pyridine rings is 1. The molecule has 184 valence electrons. The molecule has 4 N–H and O–H groups in total. The number of alkyl halides is 1. The van der Waals surface area contributed by atoms with Crippen LogP contribution in [-0.4, -0.2) is 29.5 Å². The van der Waals surface area contributed by atoms with Crippen molar-refractivity contribution >= 4 is 23.0 Å². The van der Waals surface area contributed by atoms with E-state index in [2.05, 4.69) is 25.9 Å². The van der Waals surface area contributed by atoms with Crippen LogP contribution in [0.5, 0.6) is 11.5 Å². The zero-order valence-electron chi connectivity index (χ0n) is 19.2. The number of carbonyl (C=O) groups is 1. The Morgan fingerprint density at radius 1 is 1.17 bits per heavy atom. The number of H-pyrrole nitrogens is 1. The molecule has 6 rings (SSSR count). The first kappa shape index (κ1) is 22.7. The Morgan fingerprint density at radius 2 is 2.06 bits per heavy atom. The number of carbonyl (C=O) groups excluding carboxylic acids is 1. The van der Waals surface area contributed by atoms with Crippen molar-refractivity contribution in [1.82, 2.24) is 15.3 Å². The fourth-order valence-corrected chi connectivity index (χ4v) is 6.62. The van der Waals surface area contributed by atoms with E-state index in [9.17, 15) is 9.18 Å². The molecule has 8 nitrogen and oxygen atoms in total. The molecule has 0 unspecified atom stereocenters. The number of methoxy groups -OCH3 is 1. The summed E-state index contributed by atoms with van der Waals surface area (Å²) in [5.41, 5.74) is 5.63. The molecule has 4 heterocycles. The Hall–Kier alpha value is -3.80. The van der Waals surface area contributed by atoms with Crippen LogP contribution in [-0.2, 0) is 6.54 Å². The molecule has 0 spiro atoms. The summed E-state index contributed by atoms with van der Waals surface area (Å²) in [6.45, 7) is 1.02. The van der Waals surface area contributed by atoms with Crippen molar-refractivity contribution in [3.63, 3.8) is 0 Å². The van der Waals surface area contributed by atoms with Gasteiger partial charge in [-0.15, -0.1) is 0 Å². The first-order chi connectivity index (χ1) is 17.6. The molecule has 4 aromatic rings. The first-order valence-corrected chi connectivity index (χ1v) is 13.5. The second kappa shape index (κ2) is 9.34. The molecular formula is C26H22FIN5O3-. The number of halogens is 2. The summed E-state index contributed by atoms with van der Waals surface area (Å²) in [5.74, 6) is 0.203. The van der Waals surface area contributed by atoms with Gasteiger partial charge < -0.3 is 0 Å². The van der Waals surface area contributed by atoms with Crippen molar-refractivity contribution in [2.45, 2.75) is 10.5 Å². The Kier molecular flexibility index (Phi) is 5.88. The quantitative estimate of drug-likeness (QED) is 0.212. The summed E-state index contributed by atoms with van der Waals surface area (Å²) in [4.78, 5) is 21.1. The van der Waals surface area contributed by atoms with Gasteiger partial charge in [0.25, 0.3) is 0 Å². The molecular weight excluding hydrogens is 576 g/mol. The molecule has 2 bridgehead atoms. The van der Waals surface area contributed by atoms with E-state index in [1.165, 1.54) is 13.2 Å². The predicted molar refractivity (Wildman–Crippen MR) is 130 cm³/mol. The predicted octanol–water partition coefficient (Wildman–Crippen LogP) is 1.76. The molecule has 0 aliphatic carbocycles. The van der Waals surface area contributed by atoms with Crippen LogP contribution in [0.25, 0.3) is 11.3 Å². The van der Waals surface area contributed by atoms with Gasteiger partial charge in [0, 0.05) is 0 Å². The van der Waals surface area contributed by atoms with Gasteiger partial charge in [-0.3, -0.25) is 0 Å². The number of aromatic amines is 1. The van der Waals surface area contributed by atoms with Gasteiger partial charge in [-0.25, -0.2) is 0 Å². The van der Waals surface area contributed by atoms with Gasteiger partial charge in [0.05, 0.1) is 0 Å². The van der Waals surface area contributed by atoms with E-state index in [1.807, 2.05) is 30.3 Å². The third kappa shape index (κ3) is 3.91. The zero-order valence-corrected chi connectivity index (χ0v) is 21.4. The van der Waals surface area contributed by atoms with Gasteiger partial charge >= 0.3 is 218 Å². The first-order valence-electron chi connectivity index (χ1n) is 11.3. The number of para-hydroxylation sites is 2. The van der Waals surface area contributed by atoms with Crippen LogP contribution in [0.4, 0.5) is 21.5 Å². The fraction of sp³-hybridized carbons (Fsp3) is 0.154. The van der Waals surface area contributed by atoms with E-state index in [-0.39, 0.29) is 15.6 Å². The van der Waals surface area contributed by atoms with Crippen LogP contribution in [0, 0.1) is 5.82 Å². The van der Waals surface area contributed by atoms with Gasteiger partial charge in [-0.2, -0.15) is 0 Å². The van der Waals surface area contributed by atoms with Gasteiger partial charge in [0.2, 0.25) is 0 Å². The van der Waals surface area contributed by atoms with Crippen molar-refractivity contribution in [3.05, 3.63) is 83.6 Å². The monoisotopic (exact) mass is 598 g/mol. The summed E-state index contributed by atoms with van der Waals surface area (Å²) in [6.07, 6.45) is 3.46. The number of aromatic nitrogens is 2. The number of nitrogens with zero attached hydrogens (tertiary/aromatic N) is 1. The summed E-state index contributed by atoms with van der Waals surface area (Å²) < 4.78 is 26.2. The molecule has 0 saturated heterocycles. The molecule has 2 aliphatic heterocycles. The number of rotatable bonds is 3. The third-order valence-electron chi connectivity index (χ3n) is 6.21. The number of fused-ring (bicyclic) bond motifs is 4. The van der Waals surface area contributed by atoms with Crippen LogP contribution in [0.15, 0.2) is 60.9 Å². The van der Waals surface area contributed by atoms with Crippen LogP contribution in [0.2, 0.25) is 0 Å². The van der Waals surface area contributed by atoms with Gasteiger partial charge in [0.1, 0.15) is 0 Å². The van der Waals surface area contributed by atoms with Crippen LogP contribution in [0.1, 0.15) is 25.5 Å². The van der Waals surface area contributed by atoms with E-state index in [0.29, 0.717) is 35.7 Å². The number of anilines is 3. The average Bonchev–Trinajstić information content (AvgIpc) is 3.27. The van der Waals surface area contributed by atoms with E-state index < -0.39 is 27.4 Å². The zero-order chi connectivity index (χ0) is 24.6. The Bertz CT molecular complexity index is 1470. The molecule has 2 aromatic heterocycles. The van der Waals surface area contributed by atoms with Crippen LogP contribution >= 0.6 is 0 Å². The fourth-order valence-electron chi connectivity index (χ4n) is 4.49. The SMILES string of the molecule is COc1c(F)cccc1Nc1c2[nH]c3c1C(=O)NC[C@H]3[I-]Oc1ccccc1CNc1cnccc1-2. The number of benzene rings is 2. The molecule has 1 atom stereocenters. The van der Waals surface area contributed by atoms with Gasteiger partial charge in [-0.1, -0.05) is 0 Å². The maximum atomic E-state index is 14.5. The minimum atomic E-state index is -0.829. The molecule has 0 saturated carbocycles. The number of hydrogen-bond acceptors (Lipinski definition) is 6. The second-order valence-corrected chi connectivity index (χ2v) is 10.8. The maximum absolute atomic E-state index is 14.5. The Morgan fingerprint density at radius 3 is 2.94 bits per heavy atom. The van der Waals surface area contributed by atoms with Crippen molar-refractivity contribution in [3.8, 4) is 22.8 Å². The standard InChI is InChI=1S/C26H22FIN5O3/c1-35-25-16(27)6-4-7-18(25)32-24-21-23-17(12-31-26(21)34)28-36-20-8-3-2-5-14(20)11-30-19-13-29-10-9-15(19)22(24)33-23/h2-10,13,17,30,32-33H,11-12H2,1H3,(H,31,34)/q-1/t17-/m1/s1. The molecule has 1 amide bonds. The van der Waals surface area contributed by atoms with Crippen LogP contribution in [0.3, 0.4) is 0 Å². The van der Waals surface area contributed by atoms with E-state index in [4.69, 9.17) is 7.80 Å². The van der Waals surface area contributed by atoms with Crippen molar-refractivity contribution < 1.29 is 38.6 Å².